The van der Waals surface area contributed by atoms with Crippen LogP contribution in [0, 0.1) is 5.92 Å². The van der Waals surface area contributed by atoms with Crippen LogP contribution in [-0.2, 0) is 11.2 Å². The number of likely N-dealkylation sites (tertiary alicyclic amines) is 1. The Bertz CT molecular complexity index is 669. The van der Waals surface area contributed by atoms with E-state index < -0.39 is 0 Å². The van der Waals surface area contributed by atoms with Crippen molar-refractivity contribution >= 4 is 35.8 Å². The highest BCUT2D eigenvalue weighted by Gasteiger charge is 2.23. The summed E-state index contributed by atoms with van der Waals surface area (Å²) in [6.45, 7) is 5.45. The topological polar surface area (TPSA) is 89.2 Å². The summed E-state index contributed by atoms with van der Waals surface area (Å²) in [7, 11) is 3.29. The molecule has 0 radical (unpaired) electrons. The summed E-state index contributed by atoms with van der Waals surface area (Å²) in [6.07, 6.45) is 4.44. The van der Waals surface area contributed by atoms with Crippen LogP contribution in [-0.4, -0.2) is 57.2 Å². The molecule has 1 fully saturated rings. The molecule has 3 N–H and O–H groups in total. The van der Waals surface area contributed by atoms with Crippen LogP contribution in [0.25, 0.3) is 0 Å². The summed E-state index contributed by atoms with van der Waals surface area (Å²) >= 11 is 0. The van der Waals surface area contributed by atoms with Crippen molar-refractivity contribution < 1.29 is 14.3 Å². The molecule has 0 aromatic heterocycles. The average molecular weight is 518 g/mol. The highest BCUT2D eigenvalue weighted by Crippen LogP contribution is 2.28. The summed E-state index contributed by atoms with van der Waals surface area (Å²) in [5.41, 5.74) is 6.58. The third-order valence-corrected chi connectivity index (χ3v) is 4.98. The van der Waals surface area contributed by atoms with Gasteiger partial charge in [-0.25, -0.2) is 0 Å². The molecule has 1 aliphatic rings. The third kappa shape index (κ3) is 8.28. The van der Waals surface area contributed by atoms with Gasteiger partial charge in [-0.3, -0.25) is 9.79 Å². The largest absolute Gasteiger partial charge is 0.493 e. The van der Waals surface area contributed by atoms with E-state index in [2.05, 4.69) is 23.2 Å². The first-order valence-corrected chi connectivity index (χ1v) is 10.1. The molecule has 1 aromatic rings. The number of hydrogen-bond donors (Lipinski definition) is 2. The number of ether oxygens (including phenoxy) is 2. The fourth-order valence-corrected chi connectivity index (χ4v) is 3.64. The molecule has 29 heavy (non-hydrogen) atoms. The Balaban J connectivity index is 0.00000420. The Kier molecular flexibility index (Phi) is 11.8. The van der Waals surface area contributed by atoms with Crippen molar-refractivity contribution in [3.63, 3.8) is 0 Å². The van der Waals surface area contributed by atoms with Gasteiger partial charge in [0.2, 0.25) is 5.91 Å². The molecule has 8 heteroatoms. The zero-order valence-corrected chi connectivity index (χ0v) is 20.1. The number of halogens is 1. The second-order valence-electron chi connectivity index (χ2n) is 7.15. The molecular weight excluding hydrogens is 483 g/mol. The number of nitrogens with one attached hydrogen (secondary N) is 1. The number of primary amides is 1. The zero-order chi connectivity index (χ0) is 20.4. The van der Waals surface area contributed by atoms with Crippen LogP contribution >= 0.6 is 24.0 Å². The van der Waals surface area contributed by atoms with Crippen molar-refractivity contribution in [2.75, 3.05) is 40.4 Å². The van der Waals surface area contributed by atoms with Crippen LogP contribution in [0.4, 0.5) is 0 Å². The summed E-state index contributed by atoms with van der Waals surface area (Å²) in [6, 6.07) is 6.02. The Morgan fingerprint density at radius 1 is 1.31 bits per heavy atom. The van der Waals surface area contributed by atoms with Crippen LogP contribution < -0.4 is 20.5 Å². The minimum atomic E-state index is -0.219. The number of methoxy groups -OCH3 is 2. The molecule has 1 aliphatic heterocycles. The summed E-state index contributed by atoms with van der Waals surface area (Å²) < 4.78 is 10.7. The number of aliphatic imine (C=N–C) groups is 1. The van der Waals surface area contributed by atoms with Crippen molar-refractivity contribution in [3.05, 3.63) is 23.8 Å². The number of amides is 1. The van der Waals surface area contributed by atoms with E-state index in [0.29, 0.717) is 12.3 Å². The van der Waals surface area contributed by atoms with Crippen LogP contribution in [0.5, 0.6) is 11.5 Å². The molecule has 1 atom stereocenters. The average Bonchev–Trinajstić information content (AvgIpc) is 2.69. The van der Waals surface area contributed by atoms with E-state index in [1.807, 2.05) is 12.1 Å². The van der Waals surface area contributed by atoms with Gasteiger partial charge in [-0.2, -0.15) is 0 Å². The van der Waals surface area contributed by atoms with E-state index in [9.17, 15) is 4.79 Å². The van der Waals surface area contributed by atoms with E-state index in [-0.39, 0.29) is 29.9 Å². The summed E-state index contributed by atoms with van der Waals surface area (Å²) in [4.78, 5) is 18.3. The first-order valence-electron chi connectivity index (χ1n) is 10.1. The van der Waals surface area contributed by atoms with Gasteiger partial charge in [0.25, 0.3) is 0 Å². The van der Waals surface area contributed by atoms with Crippen molar-refractivity contribution in [1.29, 1.82) is 0 Å². The maximum absolute atomic E-state index is 11.2. The Labute approximate surface area is 191 Å². The number of carbonyl (C=O) groups is 1. The SMILES string of the molecule is CCNC(=NCCCc1ccc(OC)c(OC)c1)N1CCCC(CC(N)=O)C1.I. The second-order valence-corrected chi connectivity index (χ2v) is 7.15. The number of piperidine rings is 1. The number of guanidine groups is 1. The van der Waals surface area contributed by atoms with Gasteiger partial charge in [0.05, 0.1) is 14.2 Å². The van der Waals surface area contributed by atoms with Crippen molar-refractivity contribution in [2.24, 2.45) is 16.6 Å². The van der Waals surface area contributed by atoms with Gasteiger partial charge >= 0.3 is 0 Å². The third-order valence-electron chi connectivity index (χ3n) is 4.98. The quantitative estimate of drug-likeness (QED) is 0.227. The van der Waals surface area contributed by atoms with Crippen LogP contribution in [0.15, 0.2) is 23.2 Å². The Hall–Kier alpha value is -1.71. The predicted octanol–water partition coefficient (Wildman–Crippen LogP) is 2.81. The lowest BCUT2D eigenvalue weighted by atomic mass is 9.95. The lowest BCUT2D eigenvalue weighted by molar-refractivity contribution is -0.119. The van der Waals surface area contributed by atoms with Crippen molar-refractivity contribution in [1.82, 2.24) is 10.2 Å². The lowest BCUT2D eigenvalue weighted by Gasteiger charge is -2.34. The molecule has 1 heterocycles. The normalized spacial score (nSPS) is 16.7. The molecule has 1 aromatic carbocycles. The van der Waals surface area contributed by atoms with Crippen molar-refractivity contribution in [2.45, 2.75) is 39.0 Å². The van der Waals surface area contributed by atoms with Gasteiger partial charge in [-0.1, -0.05) is 6.07 Å². The molecule has 0 saturated carbocycles. The molecule has 1 unspecified atom stereocenters. The molecule has 0 aliphatic carbocycles. The molecule has 164 valence electrons. The molecular formula is C21H35IN4O3. The van der Waals surface area contributed by atoms with Gasteiger partial charge in [-0.05, 0) is 56.2 Å². The molecule has 7 nitrogen and oxygen atoms in total. The first-order chi connectivity index (χ1) is 13.6. The molecule has 2 rings (SSSR count). The number of rotatable bonds is 9. The first kappa shape index (κ1) is 25.3. The molecule has 0 bridgehead atoms. The van der Waals surface area contributed by atoms with E-state index >= 15 is 0 Å². The summed E-state index contributed by atoms with van der Waals surface area (Å²) in [5, 5.41) is 3.38. The fraction of sp³-hybridized carbons (Fsp3) is 0.619. The zero-order valence-electron chi connectivity index (χ0n) is 17.8. The van der Waals surface area contributed by atoms with E-state index in [4.69, 9.17) is 20.2 Å². The number of hydrogen-bond acceptors (Lipinski definition) is 4. The number of benzene rings is 1. The second kappa shape index (κ2) is 13.5. The fourth-order valence-electron chi connectivity index (χ4n) is 3.64. The standard InChI is InChI=1S/C21H34N4O3.HI/c1-4-23-21(25-12-6-8-17(15-25)14-20(22)26)24-11-5-7-16-9-10-18(27-2)19(13-16)28-3;/h9-10,13,17H,4-8,11-12,14-15H2,1-3H3,(H2,22,26)(H,23,24);1H. The number of carbonyl (C=O) groups excluding carboxylic acids is 1. The van der Waals surface area contributed by atoms with Gasteiger partial charge < -0.3 is 25.4 Å². The summed E-state index contributed by atoms with van der Waals surface area (Å²) in [5.74, 6) is 2.54. The van der Waals surface area contributed by atoms with Crippen LogP contribution in [0.3, 0.4) is 0 Å². The minimum Gasteiger partial charge on any atom is -0.493 e. The predicted molar refractivity (Wildman–Crippen MR) is 127 cm³/mol. The molecule has 0 spiro atoms. The number of aryl methyl sites for hydroxylation is 1. The van der Waals surface area contributed by atoms with E-state index in [0.717, 1.165) is 69.3 Å². The highest BCUT2D eigenvalue weighted by molar-refractivity contribution is 14.0. The maximum atomic E-state index is 11.2. The maximum Gasteiger partial charge on any atom is 0.217 e. The molecule has 1 saturated heterocycles. The smallest absolute Gasteiger partial charge is 0.217 e. The Morgan fingerprint density at radius 2 is 2.07 bits per heavy atom. The lowest BCUT2D eigenvalue weighted by Crippen LogP contribution is -2.47. The molecule has 1 amide bonds. The number of nitrogens with two attached hydrogens (primary N) is 1. The number of nitrogens with zero attached hydrogens (tertiary/aromatic N) is 2. The Morgan fingerprint density at radius 3 is 2.72 bits per heavy atom. The highest BCUT2D eigenvalue weighted by atomic mass is 127. The van der Waals surface area contributed by atoms with Crippen LogP contribution in [0.2, 0.25) is 0 Å². The van der Waals surface area contributed by atoms with Gasteiger partial charge in [-0.15, -0.1) is 24.0 Å². The van der Waals surface area contributed by atoms with Gasteiger partial charge in [0.15, 0.2) is 17.5 Å². The van der Waals surface area contributed by atoms with Gasteiger partial charge in [0, 0.05) is 32.6 Å². The minimum absolute atomic E-state index is 0. The van der Waals surface area contributed by atoms with Gasteiger partial charge in [0.1, 0.15) is 0 Å². The van der Waals surface area contributed by atoms with E-state index in [1.54, 1.807) is 14.2 Å². The monoisotopic (exact) mass is 518 g/mol. The van der Waals surface area contributed by atoms with E-state index in [1.165, 1.54) is 5.56 Å². The van der Waals surface area contributed by atoms with Crippen molar-refractivity contribution in [3.8, 4) is 11.5 Å². The van der Waals surface area contributed by atoms with Crippen LogP contribution in [0.1, 0.15) is 38.2 Å².